The van der Waals surface area contributed by atoms with Gasteiger partial charge < -0.3 is 39.4 Å². The normalized spacial score (nSPS) is 23.0. The highest BCUT2D eigenvalue weighted by atomic mass is 16.7. The molecule has 0 aromatic heterocycles. The van der Waals surface area contributed by atoms with Crippen molar-refractivity contribution in [1.82, 2.24) is 0 Å². The van der Waals surface area contributed by atoms with Crippen LogP contribution in [0.1, 0.15) is 136 Å². The Morgan fingerprint density at radius 1 is 0.643 bits per heavy atom. The fraction of sp³-hybridized carbons (Fsp3) is 0.938. The smallest absolute Gasteiger partial charge is 0.306 e. The zero-order valence-corrected chi connectivity index (χ0v) is 26.3. The molecule has 1 aliphatic rings. The Balaban J connectivity index is 2.48. The molecule has 0 aliphatic carbocycles. The van der Waals surface area contributed by atoms with Gasteiger partial charge >= 0.3 is 11.9 Å². The standard InChI is InChI=1S/C32H60O10/c1-3-5-7-9-11-13-15-17-19-21-28(35)41-25(23-39-27(34)20-18-16-14-12-10-8-6-4-2)24-40-32-31(38)30(37)29(36)26(22-33)42-32/h25-26,29-33,36-38H,3-24H2,1-2H3. The molecule has 1 saturated heterocycles. The minimum atomic E-state index is -1.59. The van der Waals surface area contributed by atoms with Gasteiger partial charge in [0.05, 0.1) is 13.2 Å². The van der Waals surface area contributed by atoms with Crippen molar-refractivity contribution in [3.63, 3.8) is 0 Å². The van der Waals surface area contributed by atoms with Gasteiger partial charge in [0, 0.05) is 12.8 Å². The second-order valence-corrected chi connectivity index (χ2v) is 11.6. The van der Waals surface area contributed by atoms with Crippen LogP contribution < -0.4 is 0 Å². The lowest BCUT2D eigenvalue weighted by Crippen LogP contribution is -2.59. The Morgan fingerprint density at radius 2 is 1.12 bits per heavy atom. The second kappa shape index (κ2) is 25.1. The third-order valence-electron chi connectivity index (χ3n) is 7.74. The summed E-state index contributed by atoms with van der Waals surface area (Å²) in [6.07, 6.45) is 11.4. The molecule has 1 aliphatic heterocycles. The molecule has 42 heavy (non-hydrogen) atoms. The molecule has 0 saturated carbocycles. The first-order valence-corrected chi connectivity index (χ1v) is 16.6. The van der Waals surface area contributed by atoms with Crippen LogP contribution in [0.5, 0.6) is 0 Å². The molecule has 0 aromatic rings. The van der Waals surface area contributed by atoms with E-state index < -0.39 is 49.4 Å². The van der Waals surface area contributed by atoms with Crippen molar-refractivity contribution >= 4 is 11.9 Å². The van der Waals surface area contributed by atoms with Gasteiger partial charge in [0.2, 0.25) is 0 Å². The van der Waals surface area contributed by atoms with Gasteiger partial charge in [-0.25, -0.2) is 0 Å². The number of hydrogen-bond donors (Lipinski definition) is 4. The summed E-state index contributed by atoms with van der Waals surface area (Å²) in [5.41, 5.74) is 0. The first-order chi connectivity index (χ1) is 20.3. The van der Waals surface area contributed by atoms with E-state index in [4.69, 9.17) is 18.9 Å². The van der Waals surface area contributed by atoms with E-state index in [-0.39, 0.29) is 32.0 Å². The summed E-state index contributed by atoms with van der Waals surface area (Å²) in [6.45, 7) is 3.33. The molecule has 1 rings (SSSR count). The van der Waals surface area contributed by atoms with Crippen molar-refractivity contribution in [3.05, 3.63) is 0 Å². The van der Waals surface area contributed by atoms with Crippen LogP contribution in [-0.2, 0) is 28.5 Å². The average Bonchev–Trinajstić information content (AvgIpc) is 2.98. The van der Waals surface area contributed by atoms with Gasteiger partial charge in [0.1, 0.15) is 31.0 Å². The van der Waals surface area contributed by atoms with Gasteiger partial charge in [0.25, 0.3) is 0 Å². The van der Waals surface area contributed by atoms with Crippen LogP contribution in [0.2, 0.25) is 0 Å². The summed E-state index contributed by atoms with van der Waals surface area (Å²) in [5.74, 6) is -0.812. The summed E-state index contributed by atoms with van der Waals surface area (Å²) in [4.78, 5) is 24.9. The Labute approximate surface area is 253 Å². The van der Waals surface area contributed by atoms with Crippen molar-refractivity contribution < 1.29 is 49.0 Å². The highest BCUT2D eigenvalue weighted by Crippen LogP contribution is 2.22. The van der Waals surface area contributed by atoms with E-state index in [1.165, 1.54) is 64.2 Å². The lowest BCUT2D eigenvalue weighted by Gasteiger charge is -2.39. The monoisotopic (exact) mass is 604 g/mol. The Hall–Kier alpha value is -1.30. The maximum Gasteiger partial charge on any atom is 0.306 e. The van der Waals surface area contributed by atoms with Gasteiger partial charge in [-0.05, 0) is 12.8 Å². The molecule has 6 atom stereocenters. The van der Waals surface area contributed by atoms with Crippen molar-refractivity contribution in [3.8, 4) is 0 Å². The number of aliphatic hydroxyl groups is 4. The van der Waals surface area contributed by atoms with Crippen LogP contribution in [0, 0.1) is 0 Å². The molecular formula is C32H60O10. The number of carbonyl (C=O) groups is 2. The van der Waals surface area contributed by atoms with Gasteiger partial charge in [0.15, 0.2) is 12.4 Å². The van der Waals surface area contributed by atoms with Gasteiger partial charge in [-0.2, -0.15) is 0 Å². The quantitative estimate of drug-likeness (QED) is 0.0807. The number of ether oxygens (including phenoxy) is 4. The number of unbranched alkanes of at least 4 members (excludes halogenated alkanes) is 15. The highest BCUT2D eigenvalue weighted by molar-refractivity contribution is 5.70. The van der Waals surface area contributed by atoms with E-state index in [2.05, 4.69) is 13.8 Å². The molecule has 248 valence electrons. The molecular weight excluding hydrogens is 544 g/mol. The van der Waals surface area contributed by atoms with E-state index in [0.717, 1.165) is 38.5 Å². The minimum Gasteiger partial charge on any atom is -0.462 e. The van der Waals surface area contributed by atoms with Gasteiger partial charge in [-0.1, -0.05) is 110 Å². The fourth-order valence-electron chi connectivity index (χ4n) is 5.01. The van der Waals surface area contributed by atoms with Crippen LogP contribution in [0.4, 0.5) is 0 Å². The zero-order valence-electron chi connectivity index (χ0n) is 26.3. The summed E-state index contributed by atoms with van der Waals surface area (Å²) in [7, 11) is 0. The van der Waals surface area contributed by atoms with Crippen LogP contribution >= 0.6 is 0 Å². The fourth-order valence-corrected chi connectivity index (χ4v) is 5.01. The largest absolute Gasteiger partial charge is 0.462 e. The van der Waals surface area contributed by atoms with Gasteiger partial charge in [-0.3, -0.25) is 9.59 Å². The molecule has 0 spiro atoms. The molecule has 6 unspecified atom stereocenters. The summed E-state index contributed by atoms with van der Waals surface area (Å²) in [6, 6.07) is 0. The zero-order chi connectivity index (χ0) is 31.0. The van der Waals surface area contributed by atoms with Crippen molar-refractivity contribution in [2.75, 3.05) is 19.8 Å². The first-order valence-electron chi connectivity index (χ1n) is 16.6. The van der Waals surface area contributed by atoms with Gasteiger partial charge in [-0.15, -0.1) is 0 Å². The number of esters is 2. The van der Waals surface area contributed by atoms with E-state index >= 15 is 0 Å². The molecule has 0 bridgehead atoms. The van der Waals surface area contributed by atoms with Crippen LogP contribution in [-0.4, -0.2) is 89.0 Å². The molecule has 10 heteroatoms. The second-order valence-electron chi connectivity index (χ2n) is 11.6. The molecule has 0 aromatic carbocycles. The summed E-state index contributed by atoms with van der Waals surface area (Å²) >= 11 is 0. The predicted octanol–water partition coefficient (Wildman–Crippen LogP) is 4.71. The number of aliphatic hydroxyl groups excluding tert-OH is 4. The molecule has 4 N–H and O–H groups in total. The van der Waals surface area contributed by atoms with Crippen molar-refractivity contribution in [2.45, 2.75) is 173 Å². The van der Waals surface area contributed by atoms with Crippen LogP contribution in [0.25, 0.3) is 0 Å². The number of hydrogen-bond acceptors (Lipinski definition) is 10. The number of rotatable bonds is 26. The molecule has 0 amide bonds. The Bertz CT molecular complexity index is 674. The minimum absolute atomic E-state index is 0.212. The Morgan fingerprint density at radius 3 is 1.62 bits per heavy atom. The van der Waals surface area contributed by atoms with E-state index in [1.807, 2.05) is 0 Å². The molecule has 0 radical (unpaired) electrons. The molecule has 10 nitrogen and oxygen atoms in total. The maximum absolute atomic E-state index is 12.5. The van der Waals surface area contributed by atoms with Crippen molar-refractivity contribution in [2.24, 2.45) is 0 Å². The van der Waals surface area contributed by atoms with E-state index in [0.29, 0.717) is 6.42 Å². The lowest BCUT2D eigenvalue weighted by atomic mass is 9.99. The number of carbonyl (C=O) groups excluding carboxylic acids is 2. The SMILES string of the molecule is CCCCCCCCCCCC(=O)OC(COC(=O)CCCCCCCCCC)COC1OC(CO)C(O)C(O)C1O. The third kappa shape index (κ3) is 17.7. The average molecular weight is 605 g/mol. The Kier molecular flexibility index (Phi) is 23.1. The van der Waals surface area contributed by atoms with Crippen LogP contribution in [0.3, 0.4) is 0 Å². The van der Waals surface area contributed by atoms with E-state index in [9.17, 15) is 30.0 Å². The predicted molar refractivity (Wildman–Crippen MR) is 160 cm³/mol. The molecule has 1 fully saturated rings. The summed E-state index contributed by atoms with van der Waals surface area (Å²) < 4.78 is 21.9. The third-order valence-corrected chi connectivity index (χ3v) is 7.74. The van der Waals surface area contributed by atoms with E-state index in [1.54, 1.807) is 0 Å². The molecule has 1 heterocycles. The van der Waals surface area contributed by atoms with Crippen LogP contribution in [0.15, 0.2) is 0 Å². The highest BCUT2D eigenvalue weighted by Gasteiger charge is 2.44. The van der Waals surface area contributed by atoms with Crippen molar-refractivity contribution in [1.29, 1.82) is 0 Å². The first kappa shape index (κ1) is 38.7. The lowest BCUT2D eigenvalue weighted by molar-refractivity contribution is -0.305. The maximum atomic E-state index is 12.5. The summed E-state index contributed by atoms with van der Waals surface area (Å²) in [5, 5.41) is 39.6. The topological polar surface area (TPSA) is 152 Å².